The molecule has 2 amide bonds. The fourth-order valence-electron chi connectivity index (χ4n) is 2.52. The molecule has 26 heavy (non-hydrogen) atoms. The van der Waals surface area contributed by atoms with Crippen LogP contribution < -0.4 is 20.1 Å². The summed E-state index contributed by atoms with van der Waals surface area (Å²) in [7, 11) is 1.53. The molecular weight excluding hydrogens is 332 g/mol. The summed E-state index contributed by atoms with van der Waals surface area (Å²) < 4.78 is 10.7. The molecule has 0 fully saturated rings. The molecule has 0 aromatic heterocycles. The van der Waals surface area contributed by atoms with Crippen LogP contribution in [0.5, 0.6) is 11.5 Å². The maximum Gasteiger partial charge on any atom is 0.313 e. The van der Waals surface area contributed by atoms with E-state index < -0.39 is 11.8 Å². The molecule has 2 aromatic rings. The second kappa shape index (κ2) is 8.89. The highest BCUT2D eigenvalue weighted by Gasteiger charge is 2.19. The van der Waals surface area contributed by atoms with E-state index in [9.17, 15) is 9.59 Å². The lowest BCUT2D eigenvalue weighted by molar-refractivity contribution is -0.136. The number of anilines is 1. The maximum atomic E-state index is 12.2. The normalized spacial score (nSPS) is 11.4. The van der Waals surface area contributed by atoms with Gasteiger partial charge in [0, 0.05) is 17.3 Å². The van der Waals surface area contributed by atoms with Crippen molar-refractivity contribution in [1.29, 1.82) is 0 Å². The fourth-order valence-corrected chi connectivity index (χ4v) is 2.52. The highest BCUT2D eigenvalue weighted by atomic mass is 16.5. The van der Waals surface area contributed by atoms with Gasteiger partial charge < -0.3 is 20.1 Å². The summed E-state index contributed by atoms with van der Waals surface area (Å²) in [5.41, 5.74) is 2.36. The van der Waals surface area contributed by atoms with Gasteiger partial charge in [-0.05, 0) is 39.0 Å². The molecule has 0 aliphatic rings. The van der Waals surface area contributed by atoms with E-state index in [-0.39, 0.29) is 6.04 Å². The van der Waals surface area contributed by atoms with Crippen LogP contribution in [0.3, 0.4) is 0 Å². The first-order valence-corrected chi connectivity index (χ1v) is 8.43. The van der Waals surface area contributed by atoms with Crippen LogP contribution in [0.15, 0.2) is 42.5 Å². The molecule has 0 spiro atoms. The minimum Gasteiger partial charge on any atom is -0.497 e. The molecule has 6 heteroatoms. The lowest BCUT2D eigenvalue weighted by Crippen LogP contribution is -2.37. The molecule has 2 aromatic carbocycles. The highest BCUT2D eigenvalue weighted by Crippen LogP contribution is 2.26. The predicted molar refractivity (Wildman–Crippen MR) is 101 cm³/mol. The third-order valence-corrected chi connectivity index (χ3v) is 3.81. The van der Waals surface area contributed by atoms with Gasteiger partial charge in [0.2, 0.25) is 0 Å². The molecule has 0 aliphatic carbocycles. The first kappa shape index (κ1) is 19.3. The number of rotatable bonds is 6. The predicted octanol–water partition coefficient (Wildman–Crippen LogP) is 3.22. The zero-order valence-electron chi connectivity index (χ0n) is 15.5. The van der Waals surface area contributed by atoms with Crippen molar-refractivity contribution in [3.8, 4) is 11.5 Å². The standard InChI is InChI=1S/C20H24N2O4/c1-5-26-18-10-9-13(2)11-17(18)14(3)21-19(23)20(24)22-15-7-6-8-16(12-15)25-4/h6-12,14H,5H2,1-4H3,(H,21,23)(H,22,24). The van der Waals surface area contributed by atoms with Crippen molar-refractivity contribution in [3.05, 3.63) is 53.6 Å². The molecular formula is C20H24N2O4. The molecule has 2 rings (SSSR count). The molecule has 138 valence electrons. The molecule has 2 N–H and O–H groups in total. The van der Waals surface area contributed by atoms with E-state index in [0.717, 1.165) is 11.1 Å². The van der Waals surface area contributed by atoms with Crippen LogP contribution in [-0.4, -0.2) is 25.5 Å². The van der Waals surface area contributed by atoms with Crippen LogP contribution in [0.1, 0.15) is 31.0 Å². The quantitative estimate of drug-likeness (QED) is 0.779. The van der Waals surface area contributed by atoms with E-state index >= 15 is 0 Å². The molecule has 1 atom stereocenters. The number of nitrogens with one attached hydrogen (secondary N) is 2. The van der Waals surface area contributed by atoms with Crippen LogP contribution in [0.4, 0.5) is 5.69 Å². The second-order valence-electron chi connectivity index (χ2n) is 5.86. The van der Waals surface area contributed by atoms with E-state index in [1.807, 2.05) is 39.0 Å². The van der Waals surface area contributed by atoms with Crippen LogP contribution in [0.2, 0.25) is 0 Å². The summed E-state index contributed by atoms with van der Waals surface area (Å²) in [6.07, 6.45) is 0. The summed E-state index contributed by atoms with van der Waals surface area (Å²) in [6, 6.07) is 12.2. The molecule has 0 saturated heterocycles. The minimum atomic E-state index is -0.740. The van der Waals surface area contributed by atoms with Crippen molar-refractivity contribution >= 4 is 17.5 Å². The minimum absolute atomic E-state index is 0.375. The van der Waals surface area contributed by atoms with Gasteiger partial charge in [0.25, 0.3) is 0 Å². The SMILES string of the molecule is CCOc1ccc(C)cc1C(C)NC(=O)C(=O)Nc1cccc(OC)c1. The van der Waals surface area contributed by atoms with Crippen molar-refractivity contribution in [2.24, 2.45) is 0 Å². The first-order chi connectivity index (χ1) is 12.4. The Kier molecular flexibility index (Phi) is 6.60. The Labute approximate surface area is 153 Å². The van der Waals surface area contributed by atoms with Crippen LogP contribution in [0.25, 0.3) is 0 Å². The highest BCUT2D eigenvalue weighted by molar-refractivity contribution is 6.39. The Bertz CT molecular complexity index is 789. The van der Waals surface area contributed by atoms with Gasteiger partial charge in [-0.3, -0.25) is 9.59 Å². The summed E-state index contributed by atoms with van der Waals surface area (Å²) in [5, 5.41) is 5.27. The summed E-state index contributed by atoms with van der Waals surface area (Å²) in [4.78, 5) is 24.4. The van der Waals surface area contributed by atoms with Crippen molar-refractivity contribution in [3.63, 3.8) is 0 Å². The molecule has 0 radical (unpaired) electrons. The molecule has 0 saturated carbocycles. The van der Waals surface area contributed by atoms with E-state index in [2.05, 4.69) is 10.6 Å². The number of amides is 2. The van der Waals surface area contributed by atoms with Crippen molar-refractivity contribution in [2.75, 3.05) is 19.0 Å². The summed E-state index contributed by atoms with van der Waals surface area (Å²) >= 11 is 0. The number of hydrogen-bond donors (Lipinski definition) is 2. The monoisotopic (exact) mass is 356 g/mol. The average molecular weight is 356 g/mol. The molecule has 0 aliphatic heterocycles. The zero-order chi connectivity index (χ0) is 19.1. The number of aryl methyl sites for hydroxylation is 1. The number of carbonyl (C=O) groups excluding carboxylic acids is 2. The Morgan fingerprint density at radius 3 is 2.58 bits per heavy atom. The molecule has 0 bridgehead atoms. The van der Waals surface area contributed by atoms with Gasteiger partial charge in [-0.2, -0.15) is 0 Å². The van der Waals surface area contributed by atoms with Gasteiger partial charge in [-0.1, -0.05) is 23.8 Å². The Morgan fingerprint density at radius 2 is 1.88 bits per heavy atom. The second-order valence-corrected chi connectivity index (χ2v) is 5.86. The number of ether oxygens (including phenoxy) is 2. The largest absolute Gasteiger partial charge is 0.497 e. The van der Waals surface area contributed by atoms with Gasteiger partial charge in [-0.15, -0.1) is 0 Å². The number of hydrogen-bond acceptors (Lipinski definition) is 4. The third-order valence-electron chi connectivity index (χ3n) is 3.81. The summed E-state index contributed by atoms with van der Waals surface area (Å²) in [5.74, 6) is -0.170. The van der Waals surface area contributed by atoms with Crippen molar-refractivity contribution in [1.82, 2.24) is 5.32 Å². The van der Waals surface area contributed by atoms with Gasteiger partial charge in [0.05, 0.1) is 19.8 Å². The smallest absolute Gasteiger partial charge is 0.313 e. The molecule has 6 nitrogen and oxygen atoms in total. The van der Waals surface area contributed by atoms with Gasteiger partial charge in [0.15, 0.2) is 0 Å². The molecule has 0 heterocycles. The van der Waals surface area contributed by atoms with E-state index in [0.29, 0.717) is 23.8 Å². The topological polar surface area (TPSA) is 76.7 Å². The van der Waals surface area contributed by atoms with Gasteiger partial charge in [-0.25, -0.2) is 0 Å². The summed E-state index contributed by atoms with van der Waals surface area (Å²) in [6.45, 7) is 6.19. The van der Waals surface area contributed by atoms with E-state index in [4.69, 9.17) is 9.47 Å². The van der Waals surface area contributed by atoms with Gasteiger partial charge >= 0.3 is 11.8 Å². The molecule has 1 unspecified atom stereocenters. The number of carbonyl (C=O) groups is 2. The maximum absolute atomic E-state index is 12.2. The Morgan fingerprint density at radius 1 is 1.12 bits per heavy atom. The average Bonchev–Trinajstić information content (AvgIpc) is 2.63. The number of benzene rings is 2. The lowest BCUT2D eigenvalue weighted by Gasteiger charge is -2.18. The zero-order valence-corrected chi connectivity index (χ0v) is 15.5. The fraction of sp³-hybridized carbons (Fsp3) is 0.300. The van der Waals surface area contributed by atoms with E-state index in [1.165, 1.54) is 7.11 Å². The third kappa shape index (κ3) is 4.99. The van der Waals surface area contributed by atoms with Crippen LogP contribution in [-0.2, 0) is 9.59 Å². The van der Waals surface area contributed by atoms with Crippen molar-refractivity contribution in [2.45, 2.75) is 26.8 Å². The van der Waals surface area contributed by atoms with E-state index in [1.54, 1.807) is 24.3 Å². The van der Waals surface area contributed by atoms with Crippen LogP contribution >= 0.6 is 0 Å². The first-order valence-electron chi connectivity index (χ1n) is 8.43. The lowest BCUT2D eigenvalue weighted by atomic mass is 10.0. The number of methoxy groups -OCH3 is 1. The Balaban J connectivity index is 2.06. The van der Waals surface area contributed by atoms with Gasteiger partial charge in [0.1, 0.15) is 11.5 Å². The van der Waals surface area contributed by atoms with Crippen LogP contribution in [0, 0.1) is 6.92 Å². The Hall–Kier alpha value is -3.02. The van der Waals surface area contributed by atoms with Crippen molar-refractivity contribution < 1.29 is 19.1 Å².